The molecular formula is C15H21N3O2S. The van der Waals surface area contributed by atoms with Crippen molar-refractivity contribution in [1.82, 2.24) is 9.80 Å². The molecule has 21 heavy (non-hydrogen) atoms. The second kappa shape index (κ2) is 7.43. The van der Waals surface area contributed by atoms with Gasteiger partial charge in [0.25, 0.3) is 5.91 Å². The zero-order chi connectivity index (χ0) is 15.2. The van der Waals surface area contributed by atoms with Crippen LogP contribution in [0.2, 0.25) is 0 Å². The molecule has 1 unspecified atom stereocenters. The first-order valence-corrected chi connectivity index (χ1v) is 8.13. The number of piperazine rings is 1. The molecule has 0 aromatic carbocycles. The monoisotopic (exact) mass is 307 g/mol. The Balaban J connectivity index is 1.95. The van der Waals surface area contributed by atoms with E-state index in [9.17, 15) is 10.1 Å². The summed E-state index contributed by atoms with van der Waals surface area (Å²) >= 11 is 1.41. The number of hydrogen-bond acceptors (Lipinski definition) is 5. The van der Waals surface area contributed by atoms with Gasteiger partial charge in [-0.05, 0) is 17.9 Å². The van der Waals surface area contributed by atoms with E-state index in [4.69, 9.17) is 4.74 Å². The molecule has 1 saturated heterocycles. The number of methoxy groups -OCH3 is 1. The van der Waals surface area contributed by atoms with Gasteiger partial charge in [0.1, 0.15) is 10.6 Å². The SMILES string of the molecule is CCCC(C#N)N1CCN(C(=O)c2sccc2OC)CC1. The maximum Gasteiger partial charge on any atom is 0.267 e. The molecule has 1 atom stereocenters. The van der Waals surface area contributed by atoms with Gasteiger partial charge in [0.15, 0.2) is 0 Å². The minimum absolute atomic E-state index is 0.0245. The van der Waals surface area contributed by atoms with Crippen LogP contribution in [-0.2, 0) is 0 Å². The van der Waals surface area contributed by atoms with Gasteiger partial charge in [0, 0.05) is 26.2 Å². The lowest BCUT2D eigenvalue weighted by molar-refractivity contribution is 0.0603. The van der Waals surface area contributed by atoms with Crippen molar-refractivity contribution in [3.8, 4) is 11.8 Å². The molecule has 1 aliphatic rings. The zero-order valence-electron chi connectivity index (χ0n) is 12.5. The fourth-order valence-corrected chi connectivity index (χ4v) is 3.42. The number of hydrogen-bond donors (Lipinski definition) is 0. The lowest BCUT2D eigenvalue weighted by Crippen LogP contribution is -2.51. The molecule has 1 aromatic heterocycles. The minimum atomic E-state index is -0.0245. The Morgan fingerprint density at radius 2 is 2.19 bits per heavy atom. The van der Waals surface area contributed by atoms with Crippen molar-refractivity contribution in [3.63, 3.8) is 0 Å². The van der Waals surface area contributed by atoms with E-state index in [1.54, 1.807) is 7.11 Å². The van der Waals surface area contributed by atoms with Gasteiger partial charge in [-0.25, -0.2) is 0 Å². The van der Waals surface area contributed by atoms with E-state index in [-0.39, 0.29) is 11.9 Å². The highest BCUT2D eigenvalue weighted by atomic mass is 32.1. The van der Waals surface area contributed by atoms with Gasteiger partial charge in [0.2, 0.25) is 0 Å². The minimum Gasteiger partial charge on any atom is -0.495 e. The maximum atomic E-state index is 12.5. The van der Waals surface area contributed by atoms with Gasteiger partial charge < -0.3 is 9.64 Å². The second-order valence-corrected chi connectivity index (χ2v) is 6.00. The van der Waals surface area contributed by atoms with Crippen molar-refractivity contribution < 1.29 is 9.53 Å². The summed E-state index contributed by atoms with van der Waals surface area (Å²) in [6.07, 6.45) is 1.90. The topological polar surface area (TPSA) is 56.6 Å². The number of thiophene rings is 1. The summed E-state index contributed by atoms with van der Waals surface area (Å²) in [6.45, 7) is 4.95. The zero-order valence-corrected chi connectivity index (χ0v) is 13.4. The predicted molar refractivity (Wildman–Crippen MR) is 82.7 cm³/mol. The third-order valence-corrected chi connectivity index (χ3v) is 4.68. The second-order valence-electron chi connectivity index (χ2n) is 5.08. The molecular weight excluding hydrogens is 286 g/mol. The lowest BCUT2D eigenvalue weighted by atomic mass is 10.1. The average Bonchev–Trinajstić information content (AvgIpc) is 3.00. The lowest BCUT2D eigenvalue weighted by Gasteiger charge is -2.36. The van der Waals surface area contributed by atoms with Crippen molar-refractivity contribution in [3.05, 3.63) is 16.3 Å². The molecule has 2 rings (SSSR count). The predicted octanol–water partition coefficient (Wildman–Crippen LogP) is 2.21. The summed E-state index contributed by atoms with van der Waals surface area (Å²) in [5, 5.41) is 11.1. The van der Waals surface area contributed by atoms with Gasteiger partial charge >= 0.3 is 0 Å². The largest absolute Gasteiger partial charge is 0.495 e. The number of ether oxygens (including phenoxy) is 1. The first-order valence-electron chi connectivity index (χ1n) is 7.25. The van der Waals surface area contributed by atoms with Gasteiger partial charge in [0.05, 0.1) is 19.2 Å². The average molecular weight is 307 g/mol. The third kappa shape index (κ3) is 3.55. The smallest absolute Gasteiger partial charge is 0.267 e. The number of carbonyl (C=O) groups is 1. The Kier molecular flexibility index (Phi) is 5.59. The van der Waals surface area contributed by atoms with Crippen LogP contribution in [0, 0.1) is 11.3 Å². The summed E-state index contributed by atoms with van der Waals surface area (Å²) in [7, 11) is 1.58. The van der Waals surface area contributed by atoms with Crippen LogP contribution in [0.3, 0.4) is 0 Å². The van der Waals surface area contributed by atoms with Crippen molar-refractivity contribution in [2.75, 3.05) is 33.3 Å². The van der Waals surface area contributed by atoms with E-state index >= 15 is 0 Å². The van der Waals surface area contributed by atoms with E-state index in [1.165, 1.54) is 11.3 Å². The quantitative estimate of drug-likeness (QED) is 0.837. The first-order chi connectivity index (χ1) is 10.2. The first kappa shape index (κ1) is 15.8. The third-order valence-electron chi connectivity index (χ3n) is 3.80. The molecule has 114 valence electrons. The molecule has 0 bridgehead atoms. The summed E-state index contributed by atoms with van der Waals surface area (Å²) in [4.78, 5) is 17.2. The molecule has 6 heteroatoms. The van der Waals surface area contributed by atoms with Crippen molar-refractivity contribution >= 4 is 17.2 Å². The van der Waals surface area contributed by atoms with E-state index in [2.05, 4.69) is 17.9 Å². The van der Waals surface area contributed by atoms with Crippen molar-refractivity contribution in [1.29, 1.82) is 5.26 Å². The molecule has 0 N–H and O–H groups in total. The van der Waals surface area contributed by atoms with Crippen LogP contribution in [0.1, 0.15) is 29.4 Å². The Labute approximate surface area is 129 Å². The van der Waals surface area contributed by atoms with Gasteiger partial charge in [-0.3, -0.25) is 9.69 Å². The standard InChI is InChI=1S/C15H21N3O2S/c1-3-4-12(11-16)17-6-8-18(9-7-17)15(19)14-13(20-2)5-10-21-14/h5,10,12H,3-4,6-9H2,1-2H3. The van der Waals surface area contributed by atoms with Crippen LogP contribution in [0.15, 0.2) is 11.4 Å². The molecule has 2 heterocycles. The Morgan fingerprint density at radius 3 is 2.76 bits per heavy atom. The fraction of sp³-hybridized carbons (Fsp3) is 0.600. The number of rotatable bonds is 5. The Hall–Kier alpha value is -1.58. The molecule has 0 aliphatic carbocycles. The van der Waals surface area contributed by atoms with Crippen molar-refractivity contribution in [2.24, 2.45) is 0 Å². The highest BCUT2D eigenvalue weighted by molar-refractivity contribution is 7.12. The number of nitrogens with zero attached hydrogens (tertiary/aromatic N) is 3. The summed E-state index contributed by atoms with van der Waals surface area (Å²) in [5.74, 6) is 0.679. The maximum absolute atomic E-state index is 12.5. The van der Waals surface area contributed by atoms with Crippen LogP contribution in [0.25, 0.3) is 0 Å². The molecule has 1 fully saturated rings. The molecule has 0 spiro atoms. The number of nitriles is 1. The van der Waals surface area contributed by atoms with E-state index in [1.807, 2.05) is 16.3 Å². The summed E-state index contributed by atoms with van der Waals surface area (Å²) in [6, 6.07) is 4.16. The molecule has 5 nitrogen and oxygen atoms in total. The number of amides is 1. The van der Waals surface area contributed by atoms with Gasteiger partial charge in [-0.1, -0.05) is 13.3 Å². The fourth-order valence-electron chi connectivity index (χ4n) is 2.60. The van der Waals surface area contributed by atoms with E-state index in [0.717, 1.165) is 25.9 Å². The van der Waals surface area contributed by atoms with Crippen LogP contribution in [-0.4, -0.2) is 55.0 Å². The number of carbonyl (C=O) groups excluding carboxylic acids is 1. The normalized spacial score (nSPS) is 17.3. The molecule has 1 aromatic rings. The van der Waals surface area contributed by atoms with Crippen LogP contribution in [0.5, 0.6) is 5.75 Å². The van der Waals surface area contributed by atoms with Crippen LogP contribution in [0.4, 0.5) is 0 Å². The summed E-state index contributed by atoms with van der Waals surface area (Å²) in [5.41, 5.74) is 0. The highest BCUT2D eigenvalue weighted by Crippen LogP contribution is 2.26. The molecule has 1 amide bonds. The van der Waals surface area contributed by atoms with Gasteiger partial charge in [-0.2, -0.15) is 5.26 Å². The van der Waals surface area contributed by atoms with E-state index in [0.29, 0.717) is 23.7 Å². The Morgan fingerprint density at radius 1 is 1.48 bits per heavy atom. The summed E-state index contributed by atoms with van der Waals surface area (Å²) < 4.78 is 5.22. The van der Waals surface area contributed by atoms with Crippen LogP contribution >= 0.6 is 11.3 Å². The Bertz CT molecular complexity index is 515. The molecule has 0 saturated carbocycles. The van der Waals surface area contributed by atoms with E-state index < -0.39 is 0 Å². The van der Waals surface area contributed by atoms with Gasteiger partial charge in [-0.15, -0.1) is 11.3 Å². The van der Waals surface area contributed by atoms with Crippen LogP contribution < -0.4 is 4.74 Å². The van der Waals surface area contributed by atoms with Crippen molar-refractivity contribution in [2.45, 2.75) is 25.8 Å². The molecule has 0 radical (unpaired) electrons. The highest BCUT2D eigenvalue weighted by Gasteiger charge is 2.27. The molecule has 1 aliphatic heterocycles.